The number of hydrogen-bond acceptors (Lipinski definition) is 4. The summed E-state index contributed by atoms with van der Waals surface area (Å²) in [4.78, 5) is 11.3. The highest BCUT2D eigenvalue weighted by Gasteiger charge is 2.15. The van der Waals surface area contributed by atoms with Crippen LogP contribution in [0.1, 0.15) is 4.88 Å². The molecule has 1 aromatic heterocycles. The average Bonchev–Trinajstić information content (AvgIpc) is 2.73. The van der Waals surface area contributed by atoms with Gasteiger partial charge in [0.1, 0.15) is 5.02 Å². The van der Waals surface area contributed by atoms with Crippen LogP contribution in [0.4, 0.5) is 11.4 Å². The van der Waals surface area contributed by atoms with E-state index in [9.17, 15) is 10.1 Å². The molecule has 18 heavy (non-hydrogen) atoms. The molecule has 1 heterocycles. The van der Waals surface area contributed by atoms with Gasteiger partial charge in [-0.25, -0.2) is 0 Å². The topological polar surface area (TPSA) is 55.2 Å². The highest BCUT2D eigenvalue weighted by molar-refractivity contribution is 7.10. The van der Waals surface area contributed by atoms with Gasteiger partial charge < -0.3 is 5.32 Å². The number of benzene rings is 1. The van der Waals surface area contributed by atoms with Gasteiger partial charge in [-0.2, -0.15) is 0 Å². The van der Waals surface area contributed by atoms with Crippen LogP contribution in [0.25, 0.3) is 0 Å². The van der Waals surface area contributed by atoms with E-state index in [2.05, 4.69) is 5.32 Å². The summed E-state index contributed by atoms with van der Waals surface area (Å²) < 4.78 is 0. The minimum absolute atomic E-state index is 0.106. The molecule has 0 saturated heterocycles. The first-order valence-corrected chi connectivity index (χ1v) is 6.61. The molecule has 0 bridgehead atoms. The summed E-state index contributed by atoms with van der Waals surface area (Å²) in [6, 6.07) is 6.50. The lowest BCUT2D eigenvalue weighted by Gasteiger charge is -2.06. The fraction of sp³-hybridized carbons (Fsp3) is 0.0909. The Kier molecular flexibility index (Phi) is 4.06. The third-order valence-electron chi connectivity index (χ3n) is 2.25. The zero-order valence-corrected chi connectivity index (χ0v) is 11.4. The molecule has 4 nitrogen and oxygen atoms in total. The van der Waals surface area contributed by atoms with E-state index in [1.165, 1.54) is 17.4 Å². The van der Waals surface area contributed by atoms with Crippen LogP contribution in [0.5, 0.6) is 0 Å². The van der Waals surface area contributed by atoms with Crippen LogP contribution in [-0.2, 0) is 6.54 Å². The van der Waals surface area contributed by atoms with E-state index in [1.54, 1.807) is 12.1 Å². The third-order valence-corrected chi connectivity index (χ3v) is 3.93. The van der Waals surface area contributed by atoms with E-state index >= 15 is 0 Å². The fourth-order valence-corrected chi connectivity index (χ4v) is 2.70. The Morgan fingerprint density at radius 3 is 2.78 bits per heavy atom. The molecule has 7 heteroatoms. The van der Waals surface area contributed by atoms with Gasteiger partial charge in [0.25, 0.3) is 5.69 Å². The molecular formula is C11H8Cl2N2O2S. The number of nitro benzene ring substituents is 1. The van der Waals surface area contributed by atoms with E-state index in [-0.39, 0.29) is 10.7 Å². The van der Waals surface area contributed by atoms with Crippen molar-refractivity contribution in [3.05, 3.63) is 54.7 Å². The van der Waals surface area contributed by atoms with Crippen molar-refractivity contribution in [1.82, 2.24) is 0 Å². The predicted molar refractivity (Wildman–Crippen MR) is 74.8 cm³/mol. The Morgan fingerprint density at radius 2 is 2.17 bits per heavy atom. The van der Waals surface area contributed by atoms with Gasteiger partial charge >= 0.3 is 0 Å². The lowest BCUT2D eigenvalue weighted by Crippen LogP contribution is -1.99. The van der Waals surface area contributed by atoms with Gasteiger partial charge in [0, 0.05) is 22.9 Å². The van der Waals surface area contributed by atoms with Crippen molar-refractivity contribution >= 4 is 45.9 Å². The summed E-state index contributed by atoms with van der Waals surface area (Å²) in [5.74, 6) is 0. The smallest absolute Gasteiger partial charge is 0.289 e. The first kappa shape index (κ1) is 13.1. The zero-order chi connectivity index (χ0) is 13.1. The summed E-state index contributed by atoms with van der Waals surface area (Å²) in [7, 11) is 0. The summed E-state index contributed by atoms with van der Waals surface area (Å²) >= 11 is 13.3. The molecule has 0 aliphatic carbocycles. The highest BCUT2D eigenvalue weighted by atomic mass is 35.5. The number of thiophene rings is 1. The Hall–Kier alpha value is -1.30. The molecule has 0 radical (unpaired) electrons. The van der Waals surface area contributed by atoms with Crippen LogP contribution in [0.15, 0.2) is 29.6 Å². The van der Waals surface area contributed by atoms with Gasteiger partial charge in [0.15, 0.2) is 0 Å². The predicted octanol–water partition coefficient (Wildman–Crippen LogP) is 4.58. The molecule has 1 N–H and O–H groups in total. The second-order valence-corrected chi connectivity index (χ2v) is 5.29. The largest absolute Gasteiger partial charge is 0.379 e. The number of nitrogens with one attached hydrogen (secondary N) is 1. The lowest BCUT2D eigenvalue weighted by atomic mass is 10.2. The number of anilines is 1. The maximum atomic E-state index is 10.7. The van der Waals surface area contributed by atoms with E-state index in [4.69, 9.17) is 23.2 Å². The van der Waals surface area contributed by atoms with Crippen LogP contribution in [-0.4, -0.2) is 4.92 Å². The maximum absolute atomic E-state index is 10.7. The molecule has 0 aliphatic heterocycles. The molecule has 0 saturated carbocycles. The minimum Gasteiger partial charge on any atom is -0.379 e. The van der Waals surface area contributed by atoms with Gasteiger partial charge in [-0.15, -0.1) is 11.3 Å². The van der Waals surface area contributed by atoms with Gasteiger partial charge in [-0.1, -0.05) is 29.3 Å². The van der Waals surface area contributed by atoms with Crippen LogP contribution in [0.2, 0.25) is 10.0 Å². The molecule has 0 amide bonds. The Labute approximate surface area is 117 Å². The first-order valence-electron chi connectivity index (χ1n) is 4.97. The molecule has 0 spiro atoms. The first-order chi connectivity index (χ1) is 8.58. The SMILES string of the molecule is O=[N+]([O-])c1cccc(NCc2cc(Cl)cs2)c1Cl. The Balaban J connectivity index is 2.14. The summed E-state index contributed by atoms with van der Waals surface area (Å²) in [6.07, 6.45) is 0. The number of hydrogen-bond donors (Lipinski definition) is 1. The minimum atomic E-state index is -0.504. The highest BCUT2D eigenvalue weighted by Crippen LogP contribution is 2.32. The molecule has 2 aromatic rings. The molecule has 0 aliphatic rings. The van der Waals surface area contributed by atoms with E-state index in [0.717, 1.165) is 4.88 Å². The monoisotopic (exact) mass is 302 g/mol. The van der Waals surface area contributed by atoms with Crippen LogP contribution >= 0.6 is 34.5 Å². The quantitative estimate of drug-likeness (QED) is 0.664. The normalized spacial score (nSPS) is 10.3. The van der Waals surface area contributed by atoms with Crippen molar-refractivity contribution in [3.8, 4) is 0 Å². The lowest BCUT2D eigenvalue weighted by molar-refractivity contribution is -0.384. The number of nitro groups is 1. The summed E-state index contributed by atoms with van der Waals surface area (Å²) in [5.41, 5.74) is 0.432. The number of nitrogens with zero attached hydrogens (tertiary/aromatic N) is 1. The molecule has 1 aromatic carbocycles. The molecule has 0 fully saturated rings. The van der Waals surface area contributed by atoms with Crippen molar-refractivity contribution < 1.29 is 4.92 Å². The number of rotatable bonds is 4. The van der Waals surface area contributed by atoms with E-state index in [0.29, 0.717) is 17.3 Å². The van der Waals surface area contributed by atoms with Crippen LogP contribution < -0.4 is 5.32 Å². The van der Waals surface area contributed by atoms with Gasteiger partial charge in [-0.05, 0) is 12.1 Å². The van der Waals surface area contributed by atoms with Crippen molar-refractivity contribution in [2.45, 2.75) is 6.54 Å². The van der Waals surface area contributed by atoms with Crippen molar-refractivity contribution in [1.29, 1.82) is 0 Å². The molecule has 0 unspecified atom stereocenters. The second kappa shape index (κ2) is 5.56. The van der Waals surface area contributed by atoms with Gasteiger partial charge in [0.2, 0.25) is 0 Å². The van der Waals surface area contributed by atoms with Gasteiger partial charge in [-0.3, -0.25) is 10.1 Å². The Morgan fingerprint density at radius 1 is 1.39 bits per heavy atom. The average molecular weight is 303 g/mol. The van der Waals surface area contributed by atoms with Crippen molar-refractivity contribution in [2.75, 3.05) is 5.32 Å². The maximum Gasteiger partial charge on any atom is 0.289 e. The zero-order valence-electron chi connectivity index (χ0n) is 9.02. The Bertz CT molecular complexity index is 586. The van der Waals surface area contributed by atoms with Crippen LogP contribution in [0.3, 0.4) is 0 Å². The standard InChI is InChI=1S/C11H8Cl2N2O2S/c12-7-4-8(18-6-7)5-14-9-2-1-3-10(11(9)13)15(16)17/h1-4,6,14H,5H2. The second-order valence-electron chi connectivity index (χ2n) is 3.48. The third kappa shape index (κ3) is 2.93. The molecule has 94 valence electrons. The van der Waals surface area contributed by atoms with Crippen molar-refractivity contribution in [3.63, 3.8) is 0 Å². The van der Waals surface area contributed by atoms with Gasteiger partial charge in [0.05, 0.1) is 15.6 Å². The van der Waals surface area contributed by atoms with Crippen LogP contribution in [0, 0.1) is 10.1 Å². The summed E-state index contributed by atoms with van der Waals surface area (Å²) in [5, 5.41) is 16.4. The van der Waals surface area contributed by atoms with E-state index in [1.807, 2.05) is 11.4 Å². The fourth-order valence-electron chi connectivity index (χ4n) is 1.43. The molecular weight excluding hydrogens is 295 g/mol. The van der Waals surface area contributed by atoms with E-state index < -0.39 is 4.92 Å². The molecule has 0 atom stereocenters. The molecule has 2 rings (SSSR count). The number of halogens is 2. The van der Waals surface area contributed by atoms with Crippen molar-refractivity contribution in [2.24, 2.45) is 0 Å². The summed E-state index contributed by atoms with van der Waals surface area (Å²) in [6.45, 7) is 0.526.